The summed E-state index contributed by atoms with van der Waals surface area (Å²) in [4.78, 5) is 12.3. The second-order valence-electron chi connectivity index (χ2n) is 6.58. The molecule has 0 unspecified atom stereocenters. The van der Waals surface area contributed by atoms with Gasteiger partial charge >= 0.3 is 6.18 Å². The SMILES string of the molecule is FC(F)(F)c1cc(-c2cccs2)n2nc(Nc3ccc(Oc4ccncc4)cc3)nc2n1. The number of halogens is 3. The summed E-state index contributed by atoms with van der Waals surface area (Å²) >= 11 is 1.30. The molecule has 0 spiro atoms. The molecule has 160 valence electrons. The second-order valence-corrected chi connectivity index (χ2v) is 7.53. The number of pyridine rings is 1. The first kappa shape index (κ1) is 19.9. The van der Waals surface area contributed by atoms with E-state index in [9.17, 15) is 13.2 Å². The van der Waals surface area contributed by atoms with E-state index in [4.69, 9.17) is 4.74 Å². The monoisotopic (exact) mass is 454 g/mol. The number of ether oxygens (including phenoxy) is 1. The van der Waals surface area contributed by atoms with Crippen LogP contribution in [0.25, 0.3) is 16.3 Å². The fourth-order valence-electron chi connectivity index (χ4n) is 2.94. The van der Waals surface area contributed by atoms with Crippen LogP contribution >= 0.6 is 11.3 Å². The molecular weight excluding hydrogens is 441 g/mol. The number of nitrogens with one attached hydrogen (secondary N) is 1. The second kappa shape index (κ2) is 7.93. The van der Waals surface area contributed by atoms with Gasteiger partial charge in [-0.3, -0.25) is 4.98 Å². The van der Waals surface area contributed by atoms with E-state index in [0.717, 1.165) is 6.07 Å². The van der Waals surface area contributed by atoms with Gasteiger partial charge in [-0.1, -0.05) is 6.07 Å². The van der Waals surface area contributed by atoms with Crippen LogP contribution in [0, 0.1) is 0 Å². The molecule has 7 nitrogen and oxygen atoms in total. The van der Waals surface area contributed by atoms with Gasteiger partial charge in [0.15, 0.2) is 5.69 Å². The lowest BCUT2D eigenvalue weighted by Gasteiger charge is -2.08. The smallest absolute Gasteiger partial charge is 0.433 e. The highest BCUT2D eigenvalue weighted by molar-refractivity contribution is 7.13. The molecule has 0 atom stereocenters. The number of rotatable bonds is 5. The van der Waals surface area contributed by atoms with Crippen LogP contribution in [-0.2, 0) is 6.18 Å². The molecule has 5 aromatic rings. The van der Waals surface area contributed by atoms with Crippen molar-refractivity contribution in [2.75, 3.05) is 5.32 Å². The van der Waals surface area contributed by atoms with E-state index in [1.165, 1.54) is 15.9 Å². The summed E-state index contributed by atoms with van der Waals surface area (Å²) in [7, 11) is 0. The first-order valence-electron chi connectivity index (χ1n) is 9.29. The van der Waals surface area contributed by atoms with Crippen LogP contribution in [0.3, 0.4) is 0 Å². The minimum absolute atomic E-state index is 0.123. The van der Waals surface area contributed by atoms with E-state index in [0.29, 0.717) is 22.1 Å². The van der Waals surface area contributed by atoms with Gasteiger partial charge in [-0.2, -0.15) is 22.7 Å². The Kier molecular flexibility index (Phi) is 4.94. The van der Waals surface area contributed by atoms with Gasteiger partial charge in [0, 0.05) is 18.1 Å². The molecule has 0 aliphatic carbocycles. The van der Waals surface area contributed by atoms with Gasteiger partial charge in [0.25, 0.3) is 5.78 Å². The van der Waals surface area contributed by atoms with Crippen molar-refractivity contribution in [3.8, 4) is 22.1 Å². The van der Waals surface area contributed by atoms with Gasteiger partial charge in [0.1, 0.15) is 11.5 Å². The predicted molar refractivity (Wildman–Crippen MR) is 113 cm³/mol. The van der Waals surface area contributed by atoms with Gasteiger partial charge in [-0.05, 0) is 53.9 Å². The standard InChI is InChI=1S/C21H13F3N6OS/c22-21(23,24)18-12-16(17-2-1-11-32-17)30-20(27-18)28-19(29-30)26-13-3-5-14(6-4-13)31-15-7-9-25-10-8-15/h1-12H,(H,26,29). The Labute approximate surface area is 183 Å². The highest BCUT2D eigenvalue weighted by Gasteiger charge is 2.34. The van der Waals surface area contributed by atoms with Gasteiger partial charge < -0.3 is 10.1 Å². The average Bonchev–Trinajstić information content (AvgIpc) is 3.44. The largest absolute Gasteiger partial charge is 0.457 e. The molecule has 0 radical (unpaired) electrons. The Balaban J connectivity index is 1.44. The van der Waals surface area contributed by atoms with Crippen molar-refractivity contribution in [1.82, 2.24) is 24.6 Å². The van der Waals surface area contributed by atoms with Gasteiger partial charge in [0.05, 0.1) is 10.6 Å². The van der Waals surface area contributed by atoms with Crippen LogP contribution in [-0.4, -0.2) is 24.6 Å². The zero-order chi connectivity index (χ0) is 22.1. The summed E-state index contributed by atoms with van der Waals surface area (Å²) in [6.45, 7) is 0. The maximum Gasteiger partial charge on any atom is 0.433 e. The highest BCUT2D eigenvalue weighted by atomic mass is 32.1. The average molecular weight is 454 g/mol. The van der Waals surface area contributed by atoms with Crippen molar-refractivity contribution in [3.63, 3.8) is 0 Å². The molecule has 1 aromatic carbocycles. The first-order chi connectivity index (χ1) is 15.5. The lowest BCUT2D eigenvalue weighted by molar-refractivity contribution is -0.141. The number of thiophene rings is 1. The lowest BCUT2D eigenvalue weighted by Crippen LogP contribution is -2.10. The molecule has 0 aliphatic heterocycles. The van der Waals surface area contributed by atoms with E-state index < -0.39 is 11.9 Å². The van der Waals surface area contributed by atoms with E-state index in [1.807, 2.05) is 0 Å². The number of benzene rings is 1. The number of fused-ring (bicyclic) bond motifs is 1. The Morgan fingerprint density at radius 3 is 2.38 bits per heavy atom. The number of anilines is 2. The quantitative estimate of drug-likeness (QED) is 0.362. The van der Waals surface area contributed by atoms with Gasteiger partial charge in [0.2, 0.25) is 5.95 Å². The summed E-state index contributed by atoms with van der Waals surface area (Å²) in [6, 6.07) is 14.9. The molecule has 0 amide bonds. The number of alkyl halides is 3. The van der Waals surface area contributed by atoms with E-state index in [-0.39, 0.29) is 17.4 Å². The summed E-state index contributed by atoms with van der Waals surface area (Å²) in [6.07, 6.45) is -1.34. The van der Waals surface area contributed by atoms with E-state index >= 15 is 0 Å². The molecule has 0 fully saturated rings. The lowest BCUT2D eigenvalue weighted by atomic mass is 10.3. The molecule has 5 rings (SSSR count). The van der Waals surface area contributed by atoms with Gasteiger partial charge in [-0.25, -0.2) is 4.98 Å². The van der Waals surface area contributed by atoms with E-state index in [2.05, 4.69) is 25.4 Å². The molecule has 0 saturated heterocycles. The minimum atomic E-state index is -4.60. The van der Waals surface area contributed by atoms with Crippen molar-refractivity contribution >= 4 is 28.8 Å². The van der Waals surface area contributed by atoms with Crippen molar-refractivity contribution in [1.29, 1.82) is 0 Å². The topological polar surface area (TPSA) is 77.2 Å². The third kappa shape index (κ3) is 4.10. The van der Waals surface area contributed by atoms with Crippen LogP contribution in [0.5, 0.6) is 11.5 Å². The molecule has 32 heavy (non-hydrogen) atoms. The summed E-state index contributed by atoms with van der Waals surface area (Å²) in [5.74, 6) is 1.23. The third-order valence-electron chi connectivity index (χ3n) is 4.37. The Bertz CT molecular complexity index is 1350. The number of hydrogen-bond acceptors (Lipinski definition) is 7. The number of aromatic nitrogens is 5. The Morgan fingerprint density at radius 2 is 1.69 bits per heavy atom. The van der Waals surface area contributed by atoms with Gasteiger partial charge in [-0.15, -0.1) is 16.4 Å². The fraction of sp³-hybridized carbons (Fsp3) is 0.0476. The summed E-state index contributed by atoms with van der Waals surface area (Å²) in [5.41, 5.74) is -0.124. The molecule has 0 saturated carbocycles. The van der Waals surface area contributed by atoms with Crippen molar-refractivity contribution < 1.29 is 17.9 Å². The molecule has 4 heterocycles. The van der Waals surface area contributed by atoms with Crippen LogP contribution < -0.4 is 10.1 Å². The third-order valence-corrected chi connectivity index (χ3v) is 5.26. The molecular formula is C21H13F3N6OS. The highest BCUT2D eigenvalue weighted by Crippen LogP contribution is 2.33. The van der Waals surface area contributed by atoms with Crippen LogP contribution in [0.15, 0.2) is 72.4 Å². The fourth-order valence-corrected chi connectivity index (χ4v) is 3.67. The molecule has 1 N–H and O–H groups in total. The maximum absolute atomic E-state index is 13.3. The number of hydrogen-bond donors (Lipinski definition) is 1. The summed E-state index contributed by atoms with van der Waals surface area (Å²) in [5, 5.41) is 9.08. The molecule has 11 heteroatoms. The van der Waals surface area contributed by atoms with E-state index in [1.54, 1.807) is 66.3 Å². The van der Waals surface area contributed by atoms with Crippen molar-refractivity contribution in [2.24, 2.45) is 0 Å². The maximum atomic E-state index is 13.3. The molecule has 0 bridgehead atoms. The normalized spacial score (nSPS) is 11.6. The molecule has 0 aliphatic rings. The zero-order valence-corrected chi connectivity index (χ0v) is 16.9. The van der Waals surface area contributed by atoms with Crippen molar-refractivity contribution in [3.05, 3.63) is 78.1 Å². The minimum Gasteiger partial charge on any atom is -0.457 e. The number of nitrogens with zero attached hydrogens (tertiary/aromatic N) is 5. The predicted octanol–water partition coefficient (Wildman–Crippen LogP) is 5.80. The Hall–Kier alpha value is -3.99. The zero-order valence-electron chi connectivity index (χ0n) is 16.1. The van der Waals surface area contributed by atoms with Crippen LogP contribution in [0.4, 0.5) is 24.8 Å². The van der Waals surface area contributed by atoms with Crippen LogP contribution in [0.1, 0.15) is 5.69 Å². The first-order valence-corrected chi connectivity index (χ1v) is 10.2. The molecule has 4 aromatic heterocycles. The van der Waals surface area contributed by atoms with Crippen LogP contribution in [0.2, 0.25) is 0 Å². The Morgan fingerprint density at radius 1 is 0.938 bits per heavy atom. The summed E-state index contributed by atoms with van der Waals surface area (Å²) < 4.78 is 47.0. The van der Waals surface area contributed by atoms with Crippen molar-refractivity contribution in [2.45, 2.75) is 6.18 Å².